The Kier molecular flexibility index (Phi) is 4.43. The fraction of sp³-hybridized carbons (Fsp3) is 0.364. The molecule has 0 spiro atoms. The van der Waals surface area contributed by atoms with Crippen molar-refractivity contribution in [1.82, 2.24) is 5.32 Å². The second-order valence-corrected chi connectivity index (χ2v) is 3.70. The lowest BCUT2D eigenvalue weighted by Gasteiger charge is -2.09. The zero-order valence-corrected chi connectivity index (χ0v) is 9.69. The van der Waals surface area contributed by atoms with Gasteiger partial charge in [0.2, 0.25) is 5.91 Å². The van der Waals surface area contributed by atoms with Crippen LogP contribution in [0, 0.1) is 6.92 Å². The van der Waals surface area contributed by atoms with Gasteiger partial charge >= 0.3 is 0 Å². The highest BCUT2D eigenvalue weighted by Crippen LogP contribution is 2.18. The molecule has 3 nitrogen and oxygen atoms in total. The Hall–Kier alpha value is -1.22. The van der Waals surface area contributed by atoms with Gasteiger partial charge in [0.1, 0.15) is 0 Å². The third-order valence-electron chi connectivity index (χ3n) is 2.00. The highest BCUT2D eigenvalue weighted by Gasteiger charge is 2.01. The van der Waals surface area contributed by atoms with Gasteiger partial charge < -0.3 is 10.6 Å². The molecule has 1 amide bonds. The first kappa shape index (κ1) is 11.9. The van der Waals surface area contributed by atoms with Crippen molar-refractivity contribution in [2.45, 2.75) is 13.8 Å². The van der Waals surface area contributed by atoms with E-state index in [1.165, 1.54) is 0 Å². The van der Waals surface area contributed by atoms with Crippen LogP contribution < -0.4 is 10.6 Å². The van der Waals surface area contributed by atoms with E-state index in [1.54, 1.807) is 6.07 Å². The highest BCUT2D eigenvalue weighted by atomic mass is 35.5. The molecule has 4 heteroatoms. The van der Waals surface area contributed by atoms with E-state index in [1.807, 2.05) is 26.0 Å². The number of carbonyl (C=O) groups is 1. The number of rotatable bonds is 4. The van der Waals surface area contributed by atoms with Gasteiger partial charge in [-0.05, 0) is 37.6 Å². The molecule has 0 saturated heterocycles. The summed E-state index contributed by atoms with van der Waals surface area (Å²) in [5.74, 6) is -0.00755. The van der Waals surface area contributed by atoms with Crippen LogP contribution in [0.2, 0.25) is 5.02 Å². The number of likely N-dealkylation sites (N-methyl/N-ethyl adjacent to an activating group) is 1. The van der Waals surface area contributed by atoms with E-state index in [0.717, 1.165) is 11.3 Å². The summed E-state index contributed by atoms with van der Waals surface area (Å²) in [6, 6.07) is 5.53. The molecule has 0 radical (unpaired) electrons. The molecule has 0 unspecified atom stereocenters. The van der Waals surface area contributed by atoms with Crippen LogP contribution in [0.5, 0.6) is 0 Å². The molecule has 15 heavy (non-hydrogen) atoms. The van der Waals surface area contributed by atoms with E-state index < -0.39 is 0 Å². The molecule has 0 aromatic heterocycles. The molecule has 0 aliphatic carbocycles. The standard InChI is InChI=1S/C11H15ClN2O/c1-3-13-11(15)7-14-10-5-4-9(12)6-8(10)2/h4-6,14H,3,7H2,1-2H3,(H,13,15). The van der Waals surface area contributed by atoms with Crippen molar-refractivity contribution in [3.05, 3.63) is 28.8 Å². The molecule has 0 aliphatic rings. The SMILES string of the molecule is CCNC(=O)CNc1ccc(Cl)cc1C. The smallest absolute Gasteiger partial charge is 0.239 e. The topological polar surface area (TPSA) is 41.1 Å². The van der Waals surface area contributed by atoms with Crippen LogP contribution in [0.25, 0.3) is 0 Å². The largest absolute Gasteiger partial charge is 0.376 e. The second-order valence-electron chi connectivity index (χ2n) is 3.27. The Bertz CT molecular complexity index is 352. The maximum atomic E-state index is 11.2. The molecule has 0 fully saturated rings. The van der Waals surface area contributed by atoms with E-state index in [4.69, 9.17) is 11.6 Å². The summed E-state index contributed by atoms with van der Waals surface area (Å²) >= 11 is 5.82. The minimum absolute atomic E-state index is 0.00755. The zero-order valence-electron chi connectivity index (χ0n) is 8.93. The number of anilines is 1. The zero-order chi connectivity index (χ0) is 11.3. The molecular formula is C11H15ClN2O. The lowest BCUT2D eigenvalue weighted by Crippen LogP contribution is -2.29. The van der Waals surface area contributed by atoms with Crippen molar-refractivity contribution in [3.8, 4) is 0 Å². The third kappa shape index (κ3) is 3.80. The van der Waals surface area contributed by atoms with Crippen molar-refractivity contribution < 1.29 is 4.79 Å². The molecule has 0 saturated carbocycles. The number of hydrogen-bond donors (Lipinski definition) is 2. The normalized spacial score (nSPS) is 9.80. The van der Waals surface area contributed by atoms with Gasteiger partial charge in [0, 0.05) is 17.3 Å². The number of carbonyl (C=O) groups excluding carboxylic acids is 1. The Morgan fingerprint density at radius 2 is 2.20 bits per heavy atom. The molecule has 2 N–H and O–H groups in total. The predicted molar refractivity (Wildman–Crippen MR) is 63.4 cm³/mol. The lowest BCUT2D eigenvalue weighted by molar-refractivity contribution is -0.119. The van der Waals surface area contributed by atoms with E-state index in [2.05, 4.69) is 10.6 Å². The number of nitrogens with one attached hydrogen (secondary N) is 2. The molecule has 1 aromatic rings. The van der Waals surface area contributed by atoms with Crippen LogP contribution in [-0.4, -0.2) is 19.0 Å². The quantitative estimate of drug-likeness (QED) is 0.827. The van der Waals surface area contributed by atoms with Crippen LogP contribution in [0.3, 0.4) is 0 Å². The first-order valence-electron chi connectivity index (χ1n) is 4.90. The van der Waals surface area contributed by atoms with E-state index >= 15 is 0 Å². The molecule has 1 aromatic carbocycles. The first-order valence-corrected chi connectivity index (χ1v) is 5.28. The molecular weight excluding hydrogens is 212 g/mol. The van der Waals surface area contributed by atoms with E-state index in [-0.39, 0.29) is 12.5 Å². The number of benzene rings is 1. The molecule has 0 atom stereocenters. The van der Waals surface area contributed by atoms with Gasteiger partial charge in [-0.15, -0.1) is 0 Å². The van der Waals surface area contributed by atoms with Gasteiger partial charge in [0.15, 0.2) is 0 Å². The van der Waals surface area contributed by atoms with Gasteiger partial charge in [-0.25, -0.2) is 0 Å². The summed E-state index contributed by atoms with van der Waals surface area (Å²) in [5.41, 5.74) is 1.97. The van der Waals surface area contributed by atoms with Crippen molar-refractivity contribution >= 4 is 23.2 Å². The number of halogens is 1. The first-order chi connectivity index (χ1) is 7.13. The predicted octanol–water partition coefficient (Wildman–Crippen LogP) is 2.20. The summed E-state index contributed by atoms with van der Waals surface area (Å²) in [7, 11) is 0. The van der Waals surface area contributed by atoms with Gasteiger partial charge in [0.05, 0.1) is 6.54 Å². The van der Waals surface area contributed by atoms with Crippen molar-refractivity contribution in [2.24, 2.45) is 0 Å². The summed E-state index contributed by atoms with van der Waals surface area (Å²) in [6.45, 7) is 4.79. The summed E-state index contributed by atoms with van der Waals surface area (Å²) < 4.78 is 0. The average molecular weight is 227 g/mol. The van der Waals surface area contributed by atoms with E-state index in [9.17, 15) is 4.79 Å². The van der Waals surface area contributed by atoms with Crippen LogP contribution >= 0.6 is 11.6 Å². The lowest BCUT2D eigenvalue weighted by atomic mass is 10.2. The summed E-state index contributed by atoms with van der Waals surface area (Å²) in [6.07, 6.45) is 0. The van der Waals surface area contributed by atoms with Crippen LogP contribution in [0.1, 0.15) is 12.5 Å². The van der Waals surface area contributed by atoms with Gasteiger partial charge in [-0.1, -0.05) is 11.6 Å². The molecule has 1 rings (SSSR count). The Morgan fingerprint density at radius 3 is 2.80 bits per heavy atom. The monoisotopic (exact) mass is 226 g/mol. The van der Waals surface area contributed by atoms with Crippen molar-refractivity contribution in [1.29, 1.82) is 0 Å². The summed E-state index contributed by atoms with van der Waals surface area (Å²) in [4.78, 5) is 11.2. The molecule has 0 bridgehead atoms. The Labute approximate surface area is 94.8 Å². The maximum Gasteiger partial charge on any atom is 0.239 e. The minimum atomic E-state index is -0.00755. The van der Waals surface area contributed by atoms with Crippen LogP contribution in [-0.2, 0) is 4.79 Å². The summed E-state index contributed by atoms with van der Waals surface area (Å²) in [5, 5.41) is 6.48. The van der Waals surface area contributed by atoms with Gasteiger partial charge in [-0.2, -0.15) is 0 Å². The third-order valence-corrected chi connectivity index (χ3v) is 2.24. The Balaban J connectivity index is 2.54. The average Bonchev–Trinajstić information content (AvgIpc) is 2.17. The van der Waals surface area contributed by atoms with Gasteiger partial charge in [-0.3, -0.25) is 4.79 Å². The number of amides is 1. The number of hydrogen-bond acceptors (Lipinski definition) is 2. The van der Waals surface area contributed by atoms with Gasteiger partial charge in [0.25, 0.3) is 0 Å². The van der Waals surface area contributed by atoms with Crippen LogP contribution in [0.4, 0.5) is 5.69 Å². The Morgan fingerprint density at radius 1 is 1.47 bits per heavy atom. The fourth-order valence-corrected chi connectivity index (χ4v) is 1.49. The minimum Gasteiger partial charge on any atom is -0.376 e. The van der Waals surface area contributed by atoms with Crippen molar-refractivity contribution in [3.63, 3.8) is 0 Å². The molecule has 0 aliphatic heterocycles. The molecule has 0 heterocycles. The molecule has 82 valence electrons. The number of aryl methyl sites for hydroxylation is 1. The second kappa shape index (κ2) is 5.61. The van der Waals surface area contributed by atoms with Crippen LogP contribution in [0.15, 0.2) is 18.2 Å². The highest BCUT2D eigenvalue weighted by molar-refractivity contribution is 6.30. The maximum absolute atomic E-state index is 11.2. The fourth-order valence-electron chi connectivity index (χ4n) is 1.26. The van der Waals surface area contributed by atoms with E-state index in [0.29, 0.717) is 11.6 Å². The van der Waals surface area contributed by atoms with Crippen molar-refractivity contribution in [2.75, 3.05) is 18.4 Å².